The average molecular weight is 461 g/mol. The van der Waals surface area contributed by atoms with Gasteiger partial charge in [0.1, 0.15) is 0 Å². The molecule has 0 bridgehead atoms. The van der Waals surface area contributed by atoms with Gasteiger partial charge < -0.3 is 19.8 Å². The van der Waals surface area contributed by atoms with E-state index in [1.807, 2.05) is 0 Å². The van der Waals surface area contributed by atoms with Crippen LogP contribution in [0.4, 0.5) is 0 Å². The fraction of sp³-hybridized carbons (Fsp3) is 0.900. The Morgan fingerprint density at radius 2 is 0.880 bits per heavy atom. The molecule has 0 atom stereocenters. The summed E-state index contributed by atoms with van der Waals surface area (Å²) in [5.41, 5.74) is 0.753. The standard InChI is InChI=1S/2C10H20O2.Sn/c2*1-10(2,3)8-6-4-5-7-9(11)12;/h2*4-8H2,1-3H3,(H,11,12);/q;;+2/p-2. The van der Waals surface area contributed by atoms with Gasteiger partial charge in [0, 0.05) is 11.9 Å². The van der Waals surface area contributed by atoms with Gasteiger partial charge in [-0.2, -0.15) is 0 Å². The third-order valence-corrected chi connectivity index (χ3v) is 3.62. The van der Waals surface area contributed by atoms with Crippen LogP contribution < -0.4 is 10.2 Å². The molecule has 0 aliphatic rings. The summed E-state index contributed by atoms with van der Waals surface area (Å²) in [6.07, 6.45) is 8.54. The molecule has 0 aromatic carbocycles. The quantitative estimate of drug-likeness (QED) is 0.370. The predicted octanol–water partition coefficient (Wildman–Crippen LogP) is 3.09. The van der Waals surface area contributed by atoms with Gasteiger partial charge in [-0.3, -0.25) is 0 Å². The SMILES string of the molecule is CC(C)(C)CCCCCC(=O)[O-].CC(C)(C)CCCCCC(=O)[O-].[Sn+2]. The number of carboxylic acids is 2. The second-order valence-corrected chi connectivity index (χ2v) is 8.99. The predicted molar refractivity (Wildman–Crippen MR) is 101 cm³/mol. The molecule has 25 heavy (non-hydrogen) atoms. The Morgan fingerprint density at radius 3 is 1.08 bits per heavy atom. The molecule has 0 aromatic rings. The van der Waals surface area contributed by atoms with E-state index in [4.69, 9.17) is 0 Å². The molecule has 5 heteroatoms. The number of carbonyl (C=O) groups is 2. The number of carbonyl (C=O) groups excluding carboxylic acids is 2. The second-order valence-electron chi connectivity index (χ2n) is 8.99. The van der Waals surface area contributed by atoms with Crippen molar-refractivity contribution in [3.05, 3.63) is 0 Å². The van der Waals surface area contributed by atoms with Crippen LogP contribution in [0.15, 0.2) is 0 Å². The molecule has 0 rings (SSSR count). The summed E-state index contributed by atoms with van der Waals surface area (Å²) in [5.74, 6) is -1.85. The van der Waals surface area contributed by atoms with Gasteiger partial charge in [-0.25, -0.2) is 0 Å². The van der Waals surface area contributed by atoms with E-state index >= 15 is 0 Å². The van der Waals surface area contributed by atoms with E-state index < -0.39 is 11.9 Å². The molecule has 0 N–H and O–H groups in total. The molecule has 0 spiro atoms. The van der Waals surface area contributed by atoms with E-state index in [-0.39, 0.29) is 36.7 Å². The van der Waals surface area contributed by atoms with Gasteiger partial charge in [0.2, 0.25) is 0 Å². The number of unbranched alkanes of at least 4 members (excludes halogenated alkanes) is 4. The first kappa shape index (κ1) is 29.5. The van der Waals surface area contributed by atoms with Crippen molar-refractivity contribution in [1.82, 2.24) is 0 Å². The summed E-state index contributed by atoms with van der Waals surface area (Å²) in [6, 6.07) is 0. The fourth-order valence-electron chi connectivity index (χ4n) is 2.20. The summed E-state index contributed by atoms with van der Waals surface area (Å²) in [7, 11) is 0. The van der Waals surface area contributed by atoms with Gasteiger partial charge in [-0.1, -0.05) is 67.2 Å². The summed E-state index contributed by atoms with van der Waals surface area (Å²) in [6.45, 7) is 13.2. The number of rotatable bonds is 10. The molecule has 0 aliphatic carbocycles. The van der Waals surface area contributed by atoms with E-state index in [0.717, 1.165) is 38.5 Å². The van der Waals surface area contributed by atoms with E-state index in [0.29, 0.717) is 10.8 Å². The first-order valence-electron chi connectivity index (χ1n) is 9.23. The normalized spacial score (nSPS) is 11.1. The molecule has 0 fully saturated rings. The van der Waals surface area contributed by atoms with Crippen LogP contribution in [0.1, 0.15) is 106 Å². The van der Waals surface area contributed by atoms with Gasteiger partial charge in [0.25, 0.3) is 0 Å². The zero-order chi connectivity index (χ0) is 19.2. The molecule has 0 aromatic heterocycles. The van der Waals surface area contributed by atoms with Crippen LogP contribution in [0, 0.1) is 10.8 Å². The molecule has 4 nitrogen and oxygen atoms in total. The Balaban J connectivity index is -0.000000372. The van der Waals surface area contributed by atoms with Crippen molar-refractivity contribution < 1.29 is 19.8 Å². The molecule has 0 saturated carbocycles. The number of carboxylic acid groups (broad SMARTS) is 2. The Morgan fingerprint density at radius 1 is 0.600 bits per heavy atom. The van der Waals surface area contributed by atoms with E-state index in [1.165, 1.54) is 12.8 Å². The van der Waals surface area contributed by atoms with Gasteiger partial charge in [0.15, 0.2) is 0 Å². The van der Waals surface area contributed by atoms with Crippen molar-refractivity contribution in [3.8, 4) is 0 Å². The van der Waals surface area contributed by atoms with Gasteiger partial charge in [0.05, 0.1) is 0 Å². The fourth-order valence-corrected chi connectivity index (χ4v) is 2.20. The van der Waals surface area contributed by atoms with Crippen molar-refractivity contribution in [1.29, 1.82) is 0 Å². The molecule has 0 saturated heterocycles. The van der Waals surface area contributed by atoms with E-state index in [9.17, 15) is 19.8 Å². The maximum atomic E-state index is 10.0. The Bertz CT molecular complexity index is 307. The molecular weight excluding hydrogens is 423 g/mol. The smallest absolute Gasteiger partial charge is 0.550 e. The first-order chi connectivity index (χ1) is 10.8. The molecular formula is C20H38O4Sn. The minimum Gasteiger partial charge on any atom is -0.550 e. The Hall–Kier alpha value is -0.261. The minimum atomic E-state index is -0.925. The molecule has 0 amide bonds. The Kier molecular flexibility index (Phi) is 18.8. The summed E-state index contributed by atoms with van der Waals surface area (Å²) >= 11 is 0. The van der Waals surface area contributed by atoms with Crippen LogP contribution in [0.5, 0.6) is 0 Å². The van der Waals surface area contributed by atoms with Gasteiger partial charge in [-0.15, -0.1) is 0 Å². The topological polar surface area (TPSA) is 80.3 Å². The molecule has 0 heterocycles. The van der Waals surface area contributed by atoms with E-state index in [2.05, 4.69) is 41.5 Å². The summed E-state index contributed by atoms with van der Waals surface area (Å²) < 4.78 is 0. The largest absolute Gasteiger partial charge is 2.00 e. The molecule has 0 aliphatic heterocycles. The van der Waals surface area contributed by atoms with Crippen LogP contribution in [-0.4, -0.2) is 35.8 Å². The molecule has 2 radical (unpaired) electrons. The zero-order valence-electron chi connectivity index (χ0n) is 17.2. The molecule has 146 valence electrons. The van der Waals surface area contributed by atoms with Crippen LogP contribution in [0.3, 0.4) is 0 Å². The third-order valence-electron chi connectivity index (χ3n) is 3.62. The Labute approximate surface area is 172 Å². The van der Waals surface area contributed by atoms with E-state index in [1.54, 1.807) is 0 Å². The van der Waals surface area contributed by atoms with Crippen LogP contribution in [-0.2, 0) is 9.59 Å². The zero-order valence-corrected chi connectivity index (χ0v) is 20.1. The van der Waals surface area contributed by atoms with Crippen LogP contribution >= 0.6 is 0 Å². The van der Waals surface area contributed by atoms with Crippen molar-refractivity contribution in [2.75, 3.05) is 0 Å². The number of hydrogen-bond donors (Lipinski definition) is 0. The monoisotopic (exact) mass is 462 g/mol. The first-order valence-corrected chi connectivity index (χ1v) is 9.23. The van der Waals surface area contributed by atoms with Crippen molar-refractivity contribution >= 4 is 35.8 Å². The second kappa shape index (κ2) is 16.0. The average Bonchev–Trinajstić information content (AvgIpc) is 2.35. The van der Waals surface area contributed by atoms with Crippen LogP contribution in [0.2, 0.25) is 0 Å². The summed E-state index contributed by atoms with van der Waals surface area (Å²) in [4.78, 5) is 20.1. The van der Waals surface area contributed by atoms with Crippen molar-refractivity contribution in [2.45, 2.75) is 106 Å². The van der Waals surface area contributed by atoms with Crippen LogP contribution in [0.25, 0.3) is 0 Å². The number of hydrogen-bond acceptors (Lipinski definition) is 4. The number of aliphatic carboxylic acids is 2. The summed E-state index contributed by atoms with van der Waals surface area (Å²) in [5, 5.41) is 20.1. The molecule has 0 unspecified atom stereocenters. The van der Waals surface area contributed by atoms with Crippen molar-refractivity contribution in [3.63, 3.8) is 0 Å². The van der Waals surface area contributed by atoms with Crippen molar-refractivity contribution in [2.24, 2.45) is 10.8 Å². The maximum absolute atomic E-state index is 10.0. The third kappa shape index (κ3) is 35.7. The van der Waals surface area contributed by atoms with Gasteiger partial charge >= 0.3 is 23.9 Å². The van der Waals surface area contributed by atoms with Gasteiger partial charge in [-0.05, 0) is 49.4 Å². The minimum absolute atomic E-state index is 0. The maximum Gasteiger partial charge on any atom is 2.00 e.